The van der Waals surface area contributed by atoms with Crippen LogP contribution in [0.1, 0.15) is 30.4 Å². The fourth-order valence-electron chi connectivity index (χ4n) is 2.58. The van der Waals surface area contributed by atoms with Crippen LogP contribution in [0.15, 0.2) is 24.3 Å². The van der Waals surface area contributed by atoms with E-state index in [1.807, 2.05) is 6.07 Å². The summed E-state index contributed by atoms with van der Waals surface area (Å²) in [5.74, 6) is 0. The molecule has 1 saturated heterocycles. The second kappa shape index (κ2) is 6.88. The number of hydrogen-bond acceptors (Lipinski definition) is 3. The van der Waals surface area contributed by atoms with Gasteiger partial charge in [0.2, 0.25) is 0 Å². The minimum absolute atomic E-state index is 0.295. The van der Waals surface area contributed by atoms with E-state index in [0.717, 1.165) is 44.5 Å². The Morgan fingerprint density at radius 2 is 2.11 bits per heavy atom. The molecular formula is C15H23N2O. The van der Waals surface area contributed by atoms with Crippen molar-refractivity contribution in [3.8, 4) is 0 Å². The maximum absolute atomic E-state index is 8.85. The van der Waals surface area contributed by atoms with Crippen LogP contribution in [0.2, 0.25) is 0 Å². The summed E-state index contributed by atoms with van der Waals surface area (Å²) in [4.78, 5) is 2.49. The largest absolute Gasteiger partial charge is 0.317 e. The van der Waals surface area contributed by atoms with Crippen LogP contribution < -0.4 is 5.48 Å². The summed E-state index contributed by atoms with van der Waals surface area (Å²) >= 11 is 0. The maximum Gasteiger partial charge on any atom is 0.0344 e. The lowest BCUT2D eigenvalue weighted by atomic mass is 10.0. The first kappa shape index (κ1) is 13.5. The van der Waals surface area contributed by atoms with E-state index in [9.17, 15) is 0 Å². The lowest BCUT2D eigenvalue weighted by Crippen LogP contribution is -2.41. The Balaban J connectivity index is 1.67. The molecule has 0 atom stereocenters. The maximum atomic E-state index is 8.85. The van der Waals surface area contributed by atoms with Crippen LogP contribution >= 0.6 is 0 Å². The summed E-state index contributed by atoms with van der Waals surface area (Å²) in [6.45, 7) is 7.29. The van der Waals surface area contributed by atoms with Gasteiger partial charge in [-0.15, -0.1) is 0 Å². The number of piperidine rings is 1. The second-order valence-corrected chi connectivity index (χ2v) is 5.17. The summed E-state index contributed by atoms with van der Waals surface area (Å²) in [7, 11) is 0. The minimum Gasteiger partial charge on any atom is -0.317 e. The lowest BCUT2D eigenvalue weighted by Gasteiger charge is -2.31. The van der Waals surface area contributed by atoms with Crippen molar-refractivity contribution in [1.82, 2.24) is 10.4 Å². The smallest absolute Gasteiger partial charge is 0.0344 e. The molecule has 3 nitrogen and oxygen atoms in total. The molecule has 2 rings (SSSR count). The fraction of sp³-hybridized carbons (Fsp3) is 0.533. The summed E-state index contributed by atoms with van der Waals surface area (Å²) in [6, 6.07) is 8.76. The van der Waals surface area contributed by atoms with Crippen molar-refractivity contribution in [3.63, 3.8) is 0 Å². The van der Waals surface area contributed by atoms with E-state index in [2.05, 4.69) is 35.5 Å². The second-order valence-electron chi connectivity index (χ2n) is 5.17. The van der Waals surface area contributed by atoms with Gasteiger partial charge in [0, 0.05) is 6.04 Å². The van der Waals surface area contributed by atoms with Crippen molar-refractivity contribution in [2.24, 2.45) is 0 Å². The zero-order valence-electron chi connectivity index (χ0n) is 10.9. The van der Waals surface area contributed by atoms with Gasteiger partial charge >= 0.3 is 0 Å². The Morgan fingerprint density at radius 3 is 2.78 bits per heavy atom. The van der Waals surface area contributed by atoms with Crippen LogP contribution in [0.3, 0.4) is 0 Å². The number of rotatable bonds is 5. The van der Waals surface area contributed by atoms with E-state index in [1.54, 1.807) is 0 Å². The van der Waals surface area contributed by atoms with Gasteiger partial charge in [-0.05, 0) is 63.4 Å². The van der Waals surface area contributed by atoms with Gasteiger partial charge in [-0.1, -0.05) is 24.3 Å². The molecule has 0 unspecified atom stereocenters. The third kappa shape index (κ3) is 4.09. The van der Waals surface area contributed by atoms with Crippen molar-refractivity contribution in [2.45, 2.75) is 31.7 Å². The van der Waals surface area contributed by atoms with E-state index in [0.29, 0.717) is 6.04 Å². The summed E-state index contributed by atoms with van der Waals surface area (Å²) in [5.41, 5.74) is 4.86. The van der Waals surface area contributed by atoms with Gasteiger partial charge in [0.15, 0.2) is 0 Å². The van der Waals surface area contributed by atoms with Gasteiger partial charge in [0.1, 0.15) is 0 Å². The van der Waals surface area contributed by atoms with E-state index in [-0.39, 0.29) is 0 Å². The molecule has 99 valence electrons. The molecule has 1 aromatic rings. The van der Waals surface area contributed by atoms with Crippen molar-refractivity contribution >= 4 is 0 Å². The Morgan fingerprint density at radius 1 is 1.33 bits per heavy atom. The van der Waals surface area contributed by atoms with Crippen molar-refractivity contribution < 1.29 is 5.21 Å². The molecule has 18 heavy (non-hydrogen) atoms. The number of likely N-dealkylation sites (tertiary alicyclic amines) is 1. The first-order chi connectivity index (χ1) is 8.78. The van der Waals surface area contributed by atoms with Crippen molar-refractivity contribution in [3.05, 3.63) is 42.3 Å². The van der Waals surface area contributed by atoms with E-state index in [4.69, 9.17) is 5.21 Å². The average Bonchev–Trinajstić information content (AvgIpc) is 2.40. The highest BCUT2D eigenvalue weighted by Gasteiger charge is 2.17. The summed E-state index contributed by atoms with van der Waals surface area (Å²) < 4.78 is 0. The van der Waals surface area contributed by atoms with Crippen LogP contribution in [0.25, 0.3) is 0 Å². The van der Waals surface area contributed by atoms with Crippen LogP contribution in [0, 0.1) is 6.92 Å². The van der Waals surface area contributed by atoms with Crippen LogP contribution in [-0.2, 0) is 6.42 Å². The molecule has 0 spiro atoms. The first-order valence-electron chi connectivity index (χ1n) is 6.81. The molecule has 0 aromatic heterocycles. The van der Waals surface area contributed by atoms with E-state index in [1.165, 1.54) is 12.0 Å². The van der Waals surface area contributed by atoms with Crippen molar-refractivity contribution in [2.75, 3.05) is 19.6 Å². The SMILES string of the molecule is [CH2]c1cccc(CCCN2CCC(NO)CC2)c1. The molecule has 3 heteroatoms. The molecule has 1 fully saturated rings. The zero-order valence-corrected chi connectivity index (χ0v) is 10.9. The molecule has 0 saturated carbocycles. The fourth-order valence-corrected chi connectivity index (χ4v) is 2.58. The Kier molecular flexibility index (Phi) is 5.17. The molecule has 1 aliphatic heterocycles. The topological polar surface area (TPSA) is 35.5 Å². The molecule has 1 aromatic carbocycles. The monoisotopic (exact) mass is 247 g/mol. The normalized spacial score (nSPS) is 18.1. The molecule has 0 bridgehead atoms. The lowest BCUT2D eigenvalue weighted by molar-refractivity contribution is 0.0824. The highest BCUT2D eigenvalue weighted by atomic mass is 16.5. The standard InChI is InChI=1S/C15H23N2O/c1-13-4-2-5-14(12-13)6-3-9-17-10-7-15(16-18)8-11-17/h2,4-5,12,15-16,18H,1,3,6-11H2. The molecule has 1 radical (unpaired) electrons. The van der Waals surface area contributed by atoms with Gasteiger partial charge < -0.3 is 10.1 Å². The Labute approximate surface area is 110 Å². The molecule has 1 aliphatic rings. The quantitative estimate of drug-likeness (QED) is 0.783. The van der Waals surface area contributed by atoms with Gasteiger partial charge in [0.05, 0.1) is 0 Å². The predicted octanol–water partition coefficient (Wildman–Crippen LogP) is 2.24. The van der Waals surface area contributed by atoms with Gasteiger partial charge in [0.25, 0.3) is 0 Å². The van der Waals surface area contributed by atoms with Gasteiger partial charge in [-0.25, -0.2) is 5.48 Å². The molecule has 2 N–H and O–H groups in total. The van der Waals surface area contributed by atoms with Gasteiger partial charge in [-0.2, -0.15) is 0 Å². The molecule has 0 amide bonds. The third-order valence-corrected chi connectivity index (χ3v) is 3.70. The van der Waals surface area contributed by atoms with Crippen LogP contribution in [0.4, 0.5) is 0 Å². The number of nitrogens with zero attached hydrogens (tertiary/aromatic N) is 1. The zero-order chi connectivity index (χ0) is 12.8. The average molecular weight is 247 g/mol. The highest BCUT2D eigenvalue weighted by molar-refractivity contribution is 5.25. The molecule has 1 heterocycles. The first-order valence-corrected chi connectivity index (χ1v) is 6.81. The highest BCUT2D eigenvalue weighted by Crippen LogP contribution is 2.12. The summed E-state index contributed by atoms with van der Waals surface area (Å²) in [5, 5.41) is 8.85. The van der Waals surface area contributed by atoms with Crippen LogP contribution in [0.5, 0.6) is 0 Å². The number of aryl methyl sites for hydroxylation is 1. The number of benzene rings is 1. The summed E-state index contributed by atoms with van der Waals surface area (Å²) in [6.07, 6.45) is 4.41. The van der Waals surface area contributed by atoms with E-state index < -0.39 is 0 Å². The third-order valence-electron chi connectivity index (χ3n) is 3.70. The Bertz CT molecular complexity index is 359. The Hall–Kier alpha value is -0.900. The minimum atomic E-state index is 0.295. The van der Waals surface area contributed by atoms with Crippen LogP contribution in [-0.4, -0.2) is 35.8 Å². The molecule has 0 aliphatic carbocycles. The number of nitrogens with one attached hydrogen (secondary N) is 1. The molecular weight excluding hydrogens is 224 g/mol. The van der Waals surface area contributed by atoms with Gasteiger partial charge in [-0.3, -0.25) is 0 Å². The predicted molar refractivity (Wildman–Crippen MR) is 73.6 cm³/mol. The number of hydroxylamine groups is 1. The van der Waals surface area contributed by atoms with Crippen molar-refractivity contribution in [1.29, 1.82) is 0 Å². The van der Waals surface area contributed by atoms with E-state index >= 15 is 0 Å². The number of hydrogen-bond donors (Lipinski definition) is 2.